The fourth-order valence-corrected chi connectivity index (χ4v) is 8.14. The molecule has 1 fully saturated rings. The zero-order valence-electron chi connectivity index (χ0n) is 24.9. The van der Waals surface area contributed by atoms with Crippen LogP contribution in [-0.2, 0) is 27.9 Å². The molecule has 0 aliphatic heterocycles. The molecule has 1 aliphatic carbocycles. The molecular formula is C33H44ClN3O3S. The average molecular weight is 598 g/mol. The molecule has 8 heteroatoms. The van der Waals surface area contributed by atoms with Gasteiger partial charge < -0.3 is 9.47 Å². The zero-order chi connectivity index (χ0) is 29.6. The van der Waals surface area contributed by atoms with Crippen molar-refractivity contribution in [3.05, 3.63) is 87.7 Å². The number of aryl methyl sites for hydroxylation is 3. The molecule has 0 bridgehead atoms. The summed E-state index contributed by atoms with van der Waals surface area (Å²) in [6.07, 6.45) is 8.76. The summed E-state index contributed by atoms with van der Waals surface area (Å²) in [5, 5.41) is 0.714. The number of benzene rings is 2. The number of rotatable bonds is 12. The van der Waals surface area contributed by atoms with E-state index < -0.39 is 10.0 Å². The lowest BCUT2D eigenvalue weighted by Crippen LogP contribution is -2.48. The molecule has 1 aliphatic rings. The van der Waals surface area contributed by atoms with Crippen LogP contribution in [0.5, 0.6) is 0 Å². The van der Waals surface area contributed by atoms with E-state index >= 15 is 0 Å². The predicted molar refractivity (Wildman–Crippen MR) is 167 cm³/mol. The maximum Gasteiger partial charge on any atom is 0.244 e. The fraction of sp³-hybridized carbons (Fsp3) is 0.485. The van der Waals surface area contributed by atoms with Crippen LogP contribution < -0.4 is 0 Å². The summed E-state index contributed by atoms with van der Waals surface area (Å²) in [5.41, 5.74) is 4.49. The third-order valence-electron chi connectivity index (χ3n) is 8.17. The van der Waals surface area contributed by atoms with Crippen molar-refractivity contribution in [2.75, 3.05) is 13.1 Å². The SMILES string of the molecule is CCCCN(CC(=O)N(Cc1cccn1Cc1ccccc1Cl)C1CCCCC1)S(=O)(=O)c1c(C)cc(C)cc1C. The maximum absolute atomic E-state index is 14.2. The molecule has 0 spiro atoms. The van der Waals surface area contributed by atoms with Crippen molar-refractivity contribution in [2.24, 2.45) is 0 Å². The number of halogens is 1. The van der Waals surface area contributed by atoms with Crippen molar-refractivity contribution in [2.45, 2.75) is 96.7 Å². The molecule has 0 unspecified atom stereocenters. The van der Waals surface area contributed by atoms with Crippen LogP contribution >= 0.6 is 11.6 Å². The maximum atomic E-state index is 14.2. The van der Waals surface area contributed by atoms with Gasteiger partial charge in [-0.25, -0.2) is 8.42 Å². The van der Waals surface area contributed by atoms with Gasteiger partial charge in [0.25, 0.3) is 0 Å². The minimum absolute atomic E-state index is 0.0958. The Kier molecular flexibility index (Phi) is 10.7. The molecule has 41 heavy (non-hydrogen) atoms. The van der Waals surface area contributed by atoms with Gasteiger partial charge in [-0.1, -0.05) is 80.1 Å². The molecule has 0 atom stereocenters. The molecule has 3 aromatic rings. The molecule has 4 rings (SSSR count). The highest BCUT2D eigenvalue weighted by molar-refractivity contribution is 7.89. The first kappa shape index (κ1) is 31.3. The number of carbonyl (C=O) groups excluding carboxylic acids is 1. The second-order valence-corrected chi connectivity index (χ2v) is 13.7. The summed E-state index contributed by atoms with van der Waals surface area (Å²) >= 11 is 6.45. The van der Waals surface area contributed by atoms with Gasteiger partial charge in [-0.15, -0.1) is 0 Å². The number of carbonyl (C=O) groups is 1. The van der Waals surface area contributed by atoms with Crippen LogP contribution in [-0.4, -0.2) is 47.2 Å². The van der Waals surface area contributed by atoms with Crippen molar-refractivity contribution in [3.8, 4) is 0 Å². The van der Waals surface area contributed by atoms with E-state index in [1.54, 1.807) is 0 Å². The largest absolute Gasteiger partial charge is 0.345 e. The number of nitrogens with zero attached hydrogens (tertiary/aromatic N) is 3. The molecule has 1 heterocycles. The van der Waals surface area contributed by atoms with Gasteiger partial charge in [0.15, 0.2) is 0 Å². The Hall–Kier alpha value is -2.61. The van der Waals surface area contributed by atoms with Crippen LogP contribution in [0.3, 0.4) is 0 Å². The molecule has 0 radical (unpaired) electrons. The predicted octanol–water partition coefficient (Wildman–Crippen LogP) is 7.27. The van der Waals surface area contributed by atoms with E-state index in [-0.39, 0.29) is 18.5 Å². The van der Waals surface area contributed by atoms with E-state index in [0.717, 1.165) is 60.1 Å². The highest BCUT2D eigenvalue weighted by Crippen LogP contribution is 2.28. The first-order chi connectivity index (χ1) is 19.6. The summed E-state index contributed by atoms with van der Waals surface area (Å²) in [7, 11) is -3.86. The molecule has 1 saturated carbocycles. The third-order valence-corrected chi connectivity index (χ3v) is 10.7. The highest BCUT2D eigenvalue weighted by Gasteiger charge is 2.33. The van der Waals surface area contributed by atoms with E-state index in [2.05, 4.69) is 4.57 Å². The summed E-state index contributed by atoms with van der Waals surface area (Å²) in [4.78, 5) is 16.4. The van der Waals surface area contributed by atoms with Gasteiger partial charge in [-0.05, 0) is 74.9 Å². The Morgan fingerprint density at radius 2 is 1.68 bits per heavy atom. The highest BCUT2D eigenvalue weighted by atomic mass is 35.5. The van der Waals surface area contributed by atoms with Crippen molar-refractivity contribution in [3.63, 3.8) is 0 Å². The summed E-state index contributed by atoms with van der Waals surface area (Å²) in [5.74, 6) is -0.135. The van der Waals surface area contributed by atoms with Crippen LogP contribution in [0.15, 0.2) is 59.6 Å². The number of hydrogen-bond donors (Lipinski definition) is 0. The lowest BCUT2D eigenvalue weighted by molar-refractivity contribution is -0.135. The Balaban J connectivity index is 1.63. The molecule has 0 saturated heterocycles. The van der Waals surface area contributed by atoms with Gasteiger partial charge in [0.2, 0.25) is 15.9 Å². The molecule has 1 amide bonds. The first-order valence-corrected chi connectivity index (χ1v) is 16.7. The molecule has 1 aromatic heterocycles. The van der Waals surface area contributed by atoms with E-state index in [9.17, 15) is 13.2 Å². The van der Waals surface area contributed by atoms with Gasteiger partial charge in [-0.3, -0.25) is 4.79 Å². The number of unbranched alkanes of at least 4 members (excludes halogenated alkanes) is 1. The Morgan fingerprint density at radius 3 is 2.34 bits per heavy atom. The fourth-order valence-electron chi connectivity index (χ4n) is 6.11. The molecule has 0 N–H and O–H groups in total. The zero-order valence-corrected chi connectivity index (χ0v) is 26.5. The molecule has 2 aromatic carbocycles. The number of hydrogen-bond acceptors (Lipinski definition) is 3. The van der Waals surface area contributed by atoms with Gasteiger partial charge in [0.05, 0.1) is 18.0 Å². The second kappa shape index (κ2) is 14.0. The van der Waals surface area contributed by atoms with E-state index in [1.165, 1.54) is 10.7 Å². The summed E-state index contributed by atoms with van der Waals surface area (Å²) in [6.45, 7) is 8.90. The van der Waals surface area contributed by atoms with E-state index in [1.807, 2.05) is 87.3 Å². The topological polar surface area (TPSA) is 62.6 Å². The second-order valence-electron chi connectivity index (χ2n) is 11.5. The van der Waals surface area contributed by atoms with Crippen LogP contribution in [0, 0.1) is 20.8 Å². The quantitative estimate of drug-likeness (QED) is 0.221. The van der Waals surface area contributed by atoms with Crippen molar-refractivity contribution in [1.29, 1.82) is 0 Å². The number of amides is 1. The van der Waals surface area contributed by atoms with Crippen LogP contribution in [0.2, 0.25) is 5.02 Å². The number of sulfonamides is 1. The Labute approximate surface area is 251 Å². The minimum Gasteiger partial charge on any atom is -0.345 e. The van der Waals surface area contributed by atoms with Crippen molar-refractivity contribution < 1.29 is 13.2 Å². The molecule has 222 valence electrons. The lowest BCUT2D eigenvalue weighted by Gasteiger charge is -2.36. The average Bonchev–Trinajstić information content (AvgIpc) is 3.37. The van der Waals surface area contributed by atoms with Gasteiger partial charge in [-0.2, -0.15) is 4.31 Å². The summed E-state index contributed by atoms with van der Waals surface area (Å²) in [6, 6.07) is 15.7. The first-order valence-electron chi connectivity index (χ1n) is 14.9. The summed E-state index contributed by atoms with van der Waals surface area (Å²) < 4.78 is 31.7. The van der Waals surface area contributed by atoms with Crippen molar-refractivity contribution >= 4 is 27.5 Å². The lowest BCUT2D eigenvalue weighted by atomic mass is 9.94. The normalized spacial score (nSPS) is 14.5. The van der Waals surface area contributed by atoms with Crippen LogP contribution in [0.25, 0.3) is 0 Å². The van der Waals surface area contributed by atoms with Gasteiger partial charge in [0, 0.05) is 36.0 Å². The standard InChI is InChI=1S/C33H44ClN3O3S/c1-5-6-19-36(41(39,40)33-26(3)20-25(2)21-27(33)4)24-32(38)37(29-14-8-7-9-15-29)23-30-16-12-18-35(30)22-28-13-10-11-17-31(28)34/h10-13,16-18,20-21,29H,5-9,14-15,19,22-24H2,1-4H3. The van der Waals surface area contributed by atoms with Crippen LogP contribution in [0.1, 0.15) is 79.8 Å². The van der Waals surface area contributed by atoms with E-state index in [4.69, 9.17) is 11.6 Å². The Bertz CT molecular complexity index is 1420. The third kappa shape index (κ3) is 7.62. The van der Waals surface area contributed by atoms with Gasteiger partial charge in [0.1, 0.15) is 0 Å². The monoisotopic (exact) mass is 597 g/mol. The van der Waals surface area contributed by atoms with Crippen LogP contribution in [0.4, 0.5) is 0 Å². The molecule has 6 nitrogen and oxygen atoms in total. The van der Waals surface area contributed by atoms with E-state index in [0.29, 0.717) is 36.0 Å². The minimum atomic E-state index is -3.86. The Morgan fingerprint density at radius 1 is 1.00 bits per heavy atom. The number of aromatic nitrogens is 1. The molecular weight excluding hydrogens is 554 g/mol. The van der Waals surface area contributed by atoms with Crippen molar-refractivity contribution in [1.82, 2.24) is 13.8 Å². The smallest absolute Gasteiger partial charge is 0.244 e. The van der Waals surface area contributed by atoms with Gasteiger partial charge >= 0.3 is 0 Å².